The van der Waals surface area contributed by atoms with Crippen LogP contribution in [0.25, 0.3) is 0 Å². The van der Waals surface area contributed by atoms with E-state index in [1.54, 1.807) is 47.1 Å². The number of rotatable bonds is 7. The first-order valence-corrected chi connectivity index (χ1v) is 13.2. The Morgan fingerprint density at radius 1 is 1.08 bits per heavy atom. The molecule has 2 aromatic rings. The molecule has 1 saturated heterocycles. The molecule has 1 fully saturated rings. The minimum atomic E-state index is -0.718. The smallest absolute Gasteiger partial charge is 0.338 e. The number of benzene rings is 2. The second-order valence-corrected chi connectivity index (χ2v) is 9.60. The second kappa shape index (κ2) is 12.4. The average molecular weight is 543 g/mol. The predicted octanol–water partition coefficient (Wildman–Crippen LogP) is 4.23. The van der Waals surface area contributed by atoms with Crippen LogP contribution in [0.15, 0.2) is 59.8 Å². The summed E-state index contributed by atoms with van der Waals surface area (Å²) in [5.41, 5.74) is 1.66. The maximum atomic E-state index is 14.2. The van der Waals surface area contributed by atoms with E-state index in [1.165, 1.54) is 12.1 Å². The van der Waals surface area contributed by atoms with Gasteiger partial charge in [-0.3, -0.25) is 14.6 Å². The first-order valence-electron chi connectivity index (χ1n) is 12.8. The summed E-state index contributed by atoms with van der Waals surface area (Å²) in [6, 6.07) is 12.0. The van der Waals surface area contributed by atoms with Crippen LogP contribution in [0, 0.1) is 5.82 Å². The molecule has 0 spiro atoms. The molecule has 1 N–H and O–H groups in total. The number of nitrogens with one attached hydrogen (secondary N) is 1. The molecule has 4 rings (SSSR count). The van der Waals surface area contributed by atoms with E-state index < -0.39 is 17.8 Å². The largest absolute Gasteiger partial charge is 0.463 e. The van der Waals surface area contributed by atoms with Gasteiger partial charge in [0.05, 0.1) is 23.8 Å². The van der Waals surface area contributed by atoms with Crippen molar-refractivity contribution < 1.29 is 23.5 Å². The van der Waals surface area contributed by atoms with Crippen LogP contribution in [-0.2, 0) is 9.53 Å². The Hall–Kier alpha value is -3.43. The number of nitrogens with zero attached hydrogens (tertiary/aromatic N) is 3. The van der Waals surface area contributed by atoms with E-state index in [1.807, 2.05) is 13.0 Å². The maximum absolute atomic E-state index is 14.2. The van der Waals surface area contributed by atoms with E-state index in [2.05, 4.69) is 10.2 Å². The molecule has 0 aliphatic carbocycles. The molecular formula is C28H32ClFN4O4. The first kappa shape index (κ1) is 27.6. The van der Waals surface area contributed by atoms with Crippen molar-refractivity contribution in [3.05, 3.63) is 81.8 Å². The zero-order valence-corrected chi connectivity index (χ0v) is 22.3. The fraction of sp³-hybridized carbons (Fsp3) is 0.393. The number of esters is 1. The summed E-state index contributed by atoms with van der Waals surface area (Å²) >= 11 is 6.23. The van der Waals surface area contributed by atoms with Gasteiger partial charge in [-0.1, -0.05) is 35.9 Å². The molecule has 1 atom stereocenters. The van der Waals surface area contributed by atoms with Crippen LogP contribution in [0.4, 0.5) is 9.18 Å². The summed E-state index contributed by atoms with van der Waals surface area (Å²) in [4.78, 5) is 44.7. The zero-order chi connectivity index (χ0) is 27.2. The van der Waals surface area contributed by atoms with E-state index in [9.17, 15) is 18.8 Å². The number of hydrogen-bond donors (Lipinski definition) is 1. The standard InChI is InChI=1S/C28H32ClFN4O4/c1-3-34-23(18-32-13-8-14-33(16-15-32)26(35)21-11-5-6-12-22(21)30)24(27(36)38-4-2)25(31-28(34)37)19-9-7-10-20(29)17-19/h5-7,9-12,17,25H,3-4,8,13-16,18H2,1-2H3,(H,31,37). The molecule has 2 aliphatic heterocycles. The number of amides is 3. The lowest BCUT2D eigenvalue weighted by Crippen LogP contribution is -2.51. The zero-order valence-electron chi connectivity index (χ0n) is 21.6. The fourth-order valence-corrected chi connectivity index (χ4v) is 5.14. The SMILES string of the molecule is CCOC(=O)C1=C(CN2CCCN(C(=O)c3ccccc3F)CC2)N(CC)C(=O)NC1c1cccc(Cl)c1. The van der Waals surface area contributed by atoms with Gasteiger partial charge in [0, 0.05) is 50.0 Å². The highest BCUT2D eigenvalue weighted by Crippen LogP contribution is 2.33. The molecule has 2 heterocycles. The molecule has 0 saturated carbocycles. The maximum Gasteiger partial charge on any atom is 0.338 e. The minimum Gasteiger partial charge on any atom is -0.463 e. The van der Waals surface area contributed by atoms with Crippen LogP contribution in [-0.4, -0.2) is 78.5 Å². The summed E-state index contributed by atoms with van der Waals surface area (Å²) in [5, 5.41) is 3.43. The van der Waals surface area contributed by atoms with Gasteiger partial charge in [-0.15, -0.1) is 0 Å². The van der Waals surface area contributed by atoms with Gasteiger partial charge in [0.15, 0.2) is 0 Å². The Labute approximate surface area is 227 Å². The fourth-order valence-electron chi connectivity index (χ4n) is 4.94. The minimum absolute atomic E-state index is 0.0544. The number of likely N-dealkylation sites (N-methyl/N-ethyl adjacent to an activating group) is 1. The van der Waals surface area contributed by atoms with Crippen molar-refractivity contribution in [3.8, 4) is 0 Å². The summed E-state index contributed by atoms with van der Waals surface area (Å²) in [6.45, 7) is 6.46. The molecule has 0 aromatic heterocycles. The molecule has 2 aliphatic rings. The predicted molar refractivity (Wildman–Crippen MR) is 142 cm³/mol. The number of halogens is 2. The molecule has 1 unspecified atom stereocenters. The highest BCUT2D eigenvalue weighted by atomic mass is 35.5. The van der Waals surface area contributed by atoms with Crippen molar-refractivity contribution in [2.45, 2.75) is 26.3 Å². The van der Waals surface area contributed by atoms with E-state index >= 15 is 0 Å². The second-order valence-electron chi connectivity index (χ2n) is 9.16. The number of carbonyl (C=O) groups excluding carboxylic acids is 3. The van der Waals surface area contributed by atoms with Crippen LogP contribution in [0.5, 0.6) is 0 Å². The van der Waals surface area contributed by atoms with Crippen molar-refractivity contribution >= 4 is 29.5 Å². The number of ether oxygens (including phenoxy) is 1. The van der Waals surface area contributed by atoms with Crippen molar-refractivity contribution in [1.82, 2.24) is 20.0 Å². The lowest BCUT2D eigenvalue weighted by Gasteiger charge is -2.38. The van der Waals surface area contributed by atoms with Crippen molar-refractivity contribution in [1.29, 1.82) is 0 Å². The summed E-state index contributed by atoms with van der Waals surface area (Å²) in [6.07, 6.45) is 0.665. The van der Waals surface area contributed by atoms with Gasteiger partial charge in [-0.25, -0.2) is 14.0 Å². The monoisotopic (exact) mass is 542 g/mol. The molecule has 8 nitrogen and oxygen atoms in total. The van der Waals surface area contributed by atoms with Crippen molar-refractivity contribution in [3.63, 3.8) is 0 Å². The van der Waals surface area contributed by atoms with Gasteiger partial charge in [0.2, 0.25) is 0 Å². The summed E-state index contributed by atoms with van der Waals surface area (Å²) < 4.78 is 19.7. The van der Waals surface area contributed by atoms with Gasteiger partial charge >= 0.3 is 12.0 Å². The molecule has 202 valence electrons. The van der Waals surface area contributed by atoms with Crippen LogP contribution >= 0.6 is 11.6 Å². The molecule has 10 heteroatoms. The Morgan fingerprint density at radius 2 is 1.87 bits per heavy atom. The average Bonchev–Trinajstić information content (AvgIpc) is 3.14. The Morgan fingerprint density at radius 3 is 2.58 bits per heavy atom. The van der Waals surface area contributed by atoms with Gasteiger partial charge in [0.25, 0.3) is 5.91 Å². The summed E-state index contributed by atoms with van der Waals surface area (Å²) in [5.74, 6) is -1.39. The molecule has 3 amide bonds. The van der Waals surface area contributed by atoms with Gasteiger partial charge in [-0.05, 0) is 50.1 Å². The Balaban J connectivity index is 1.63. The van der Waals surface area contributed by atoms with E-state index in [0.717, 1.165) is 0 Å². The van der Waals surface area contributed by atoms with Crippen molar-refractivity contribution in [2.75, 3.05) is 45.9 Å². The quantitative estimate of drug-likeness (QED) is 0.530. The lowest BCUT2D eigenvalue weighted by atomic mass is 9.94. The molecular weight excluding hydrogens is 511 g/mol. The van der Waals surface area contributed by atoms with Crippen molar-refractivity contribution in [2.24, 2.45) is 0 Å². The molecule has 2 aromatic carbocycles. The summed E-state index contributed by atoms with van der Waals surface area (Å²) in [7, 11) is 0. The van der Waals surface area contributed by atoms with Gasteiger partial charge in [-0.2, -0.15) is 0 Å². The van der Waals surface area contributed by atoms with Crippen LogP contribution < -0.4 is 5.32 Å². The number of urea groups is 1. The van der Waals surface area contributed by atoms with Crippen LogP contribution in [0.3, 0.4) is 0 Å². The van der Waals surface area contributed by atoms with E-state index in [0.29, 0.717) is 67.5 Å². The molecule has 0 radical (unpaired) electrons. The normalized spacial score (nSPS) is 18.7. The third kappa shape index (κ3) is 6.00. The van der Waals surface area contributed by atoms with Crippen LogP contribution in [0.2, 0.25) is 5.02 Å². The van der Waals surface area contributed by atoms with E-state index in [-0.39, 0.29) is 24.1 Å². The highest BCUT2D eigenvalue weighted by molar-refractivity contribution is 6.30. The van der Waals surface area contributed by atoms with E-state index in [4.69, 9.17) is 16.3 Å². The Kier molecular flexibility index (Phi) is 9.01. The van der Waals surface area contributed by atoms with Gasteiger partial charge < -0.3 is 15.0 Å². The number of hydrogen-bond acceptors (Lipinski definition) is 5. The lowest BCUT2D eigenvalue weighted by molar-refractivity contribution is -0.139. The Bertz CT molecular complexity index is 1240. The van der Waals surface area contributed by atoms with Gasteiger partial charge in [0.1, 0.15) is 5.82 Å². The molecule has 0 bridgehead atoms. The van der Waals surface area contributed by atoms with Crippen LogP contribution in [0.1, 0.15) is 42.2 Å². The third-order valence-corrected chi connectivity index (χ3v) is 7.02. The highest BCUT2D eigenvalue weighted by Gasteiger charge is 2.38. The first-order chi connectivity index (χ1) is 18.3. The third-order valence-electron chi connectivity index (χ3n) is 6.79. The molecule has 38 heavy (non-hydrogen) atoms. The number of carbonyl (C=O) groups is 3. The topological polar surface area (TPSA) is 82.2 Å².